The van der Waals surface area contributed by atoms with Gasteiger partial charge in [0.25, 0.3) is 0 Å². The molecule has 2 N–H and O–H groups in total. The number of carboxylic acid groups (broad SMARTS) is 1. The minimum Gasteiger partial charge on any atom is -0.495 e. The molecule has 0 aliphatic carbocycles. The standard InChI is InChI=1S/C22H23NO3S/c1-26-19-7-3-6-16-12-20(27-21(16)19)15-5-2-4-14(10-15)11-18(22(24)25)17-8-9-23-13-17/h2-7,10,12,17-18,23H,8-9,11,13H2,1H3,(H,24,25)/t17-,18-/m0/s1. The summed E-state index contributed by atoms with van der Waals surface area (Å²) in [6.07, 6.45) is 1.51. The molecule has 2 aromatic carbocycles. The summed E-state index contributed by atoms with van der Waals surface area (Å²) in [5.74, 6) is 0.0674. The number of fused-ring (bicyclic) bond motifs is 1. The van der Waals surface area contributed by atoms with Crippen LogP contribution in [0.4, 0.5) is 0 Å². The Morgan fingerprint density at radius 2 is 2.15 bits per heavy atom. The van der Waals surface area contributed by atoms with E-state index in [1.165, 1.54) is 10.3 Å². The van der Waals surface area contributed by atoms with Gasteiger partial charge in [0.1, 0.15) is 5.75 Å². The summed E-state index contributed by atoms with van der Waals surface area (Å²) in [6.45, 7) is 1.71. The van der Waals surface area contributed by atoms with Gasteiger partial charge in [-0.05, 0) is 60.5 Å². The first-order chi connectivity index (χ1) is 13.2. The van der Waals surface area contributed by atoms with Gasteiger partial charge in [-0.25, -0.2) is 0 Å². The quantitative estimate of drug-likeness (QED) is 0.663. The van der Waals surface area contributed by atoms with Crippen molar-refractivity contribution in [1.82, 2.24) is 5.32 Å². The lowest BCUT2D eigenvalue weighted by Crippen LogP contribution is -2.27. The lowest BCUT2D eigenvalue weighted by Gasteiger charge is -2.19. The Hall–Kier alpha value is -2.37. The van der Waals surface area contributed by atoms with Crippen LogP contribution in [-0.4, -0.2) is 31.3 Å². The maximum absolute atomic E-state index is 11.8. The Kier molecular flexibility index (Phi) is 5.14. The van der Waals surface area contributed by atoms with Crippen LogP contribution in [0.5, 0.6) is 5.75 Å². The molecule has 1 aliphatic rings. The van der Waals surface area contributed by atoms with Crippen molar-refractivity contribution >= 4 is 27.4 Å². The van der Waals surface area contributed by atoms with E-state index < -0.39 is 5.97 Å². The minimum absolute atomic E-state index is 0.208. The van der Waals surface area contributed by atoms with E-state index in [4.69, 9.17) is 4.74 Å². The molecule has 1 saturated heterocycles. The number of rotatable bonds is 6. The molecule has 1 aromatic heterocycles. The van der Waals surface area contributed by atoms with E-state index in [0.717, 1.165) is 41.1 Å². The van der Waals surface area contributed by atoms with Crippen LogP contribution < -0.4 is 10.1 Å². The van der Waals surface area contributed by atoms with Gasteiger partial charge < -0.3 is 15.2 Å². The molecule has 0 saturated carbocycles. The zero-order chi connectivity index (χ0) is 18.8. The number of thiophene rings is 1. The largest absolute Gasteiger partial charge is 0.495 e. The molecule has 1 aliphatic heterocycles. The first-order valence-corrected chi connectivity index (χ1v) is 10.1. The molecule has 0 bridgehead atoms. The van der Waals surface area contributed by atoms with E-state index in [-0.39, 0.29) is 11.8 Å². The molecule has 0 amide bonds. The number of benzene rings is 2. The highest BCUT2D eigenvalue weighted by molar-refractivity contribution is 7.22. The van der Waals surface area contributed by atoms with Crippen LogP contribution in [0.3, 0.4) is 0 Å². The number of ether oxygens (including phenoxy) is 1. The number of aliphatic carboxylic acids is 1. The van der Waals surface area contributed by atoms with Gasteiger partial charge in [0.15, 0.2) is 0 Å². The first-order valence-electron chi connectivity index (χ1n) is 9.25. The summed E-state index contributed by atoms with van der Waals surface area (Å²) >= 11 is 1.71. The summed E-state index contributed by atoms with van der Waals surface area (Å²) in [7, 11) is 1.69. The third-order valence-electron chi connectivity index (χ3n) is 5.38. The third kappa shape index (κ3) is 3.70. The molecule has 140 valence electrons. The molecule has 5 heteroatoms. The Morgan fingerprint density at radius 3 is 2.89 bits per heavy atom. The summed E-state index contributed by atoms with van der Waals surface area (Å²) in [4.78, 5) is 13.0. The molecule has 2 atom stereocenters. The fourth-order valence-corrected chi connectivity index (χ4v) is 5.07. The molecule has 1 fully saturated rings. The van der Waals surface area contributed by atoms with Crippen molar-refractivity contribution in [3.63, 3.8) is 0 Å². The van der Waals surface area contributed by atoms with Gasteiger partial charge in [0.05, 0.1) is 17.7 Å². The van der Waals surface area contributed by atoms with Gasteiger partial charge >= 0.3 is 5.97 Å². The third-order valence-corrected chi connectivity index (χ3v) is 6.59. The number of carbonyl (C=O) groups is 1. The van der Waals surface area contributed by atoms with Crippen molar-refractivity contribution in [2.45, 2.75) is 12.8 Å². The fourth-order valence-electron chi connectivity index (χ4n) is 3.92. The summed E-state index contributed by atoms with van der Waals surface area (Å²) in [5.41, 5.74) is 2.21. The maximum atomic E-state index is 11.8. The van der Waals surface area contributed by atoms with Crippen molar-refractivity contribution in [3.8, 4) is 16.2 Å². The van der Waals surface area contributed by atoms with Gasteiger partial charge in [0.2, 0.25) is 0 Å². The highest BCUT2D eigenvalue weighted by Crippen LogP contribution is 2.39. The Morgan fingerprint density at radius 1 is 1.30 bits per heavy atom. The second kappa shape index (κ2) is 7.71. The summed E-state index contributed by atoms with van der Waals surface area (Å²) in [6, 6.07) is 16.5. The Bertz CT molecular complexity index is 959. The number of carboxylic acids is 1. The van der Waals surface area contributed by atoms with Gasteiger partial charge in [-0.1, -0.05) is 36.4 Å². The number of hydrogen-bond acceptors (Lipinski definition) is 4. The number of methoxy groups -OCH3 is 1. The molecule has 0 unspecified atom stereocenters. The van der Waals surface area contributed by atoms with E-state index in [1.54, 1.807) is 18.4 Å². The predicted molar refractivity (Wildman–Crippen MR) is 110 cm³/mol. The van der Waals surface area contributed by atoms with Crippen LogP contribution in [0.2, 0.25) is 0 Å². The van der Waals surface area contributed by atoms with Crippen molar-refractivity contribution < 1.29 is 14.6 Å². The van der Waals surface area contributed by atoms with E-state index in [2.05, 4.69) is 29.6 Å². The predicted octanol–water partition coefficient (Wildman–Crippen LogP) is 4.43. The van der Waals surface area contributed by atoms with Crippen molar-refractivity contribution in [3.05, 3.63) is 54.1 Å². The SMILES string of the molecule is COc1cccc2cc(-c3cccc(C[C@H](C(=O)O)[C@H]4CCNC4)c3)sc12. The van der Waals surface area contributed by atoms with E-state index in [0.29, 0.717) is 6.42 Å². The van der Waals surface area contributed by atoms with Gasteiger partial charge in [-0.3, -0.25) is 4.79 Å². The fraction of sp³-hybridized carbons (Fsp3) is 0.318. The summed E-state index contributed by atoms with van der Waals surface area (Å²) < 4.78 is 6.62. The lowest BCUT2D eigenvalue weighted by atomic mass is 9.86. The molecule has 4 rings (SSSR count). The molecule has 27 heavy (non-hydrogen) atoms. The molecule has 0 radical (unpaired) electrons. The highest BCUT2D eigenvalue weighted by Gasteiger charge is 2.30. The maximum Gasteiger partial charge on any atom is 0.307 e. The summed E-state index contributed by atoms with van der Waals surface area (Å²) in [5, 5.41) is 14.1. The van der Waals surface area contributed by atoms with Crippen LogP contribution in [0.25, 0.3) is 20.5 Å². The van der Waals surface area contributed by atoms with E-state index in [1.807, 2.05) is 24.3 Å². The smallest absolute Gasteiger partial charge is 0.307 e. The number of nitrogens with one attached hydrogen (secondary N) is 1. The van der Waals surface area contributed by atoms with Crippen LogP contribution in [0.1, 0.15) is 12.0 Å². The molecule has 4 nitrogen and oxygen atoms in total. The van der Waals surface area contributed by atoms with Crippen molar-refractivity contribution in [2.24, 2.45) is 11.8 Å². The van der Waals surface area contributed by atoms with Gasteiger partial charge in [0, 0.05) is 4.88 Å². The molecule has 2 heterocycles. The Balaban J connectivity index is 1.63. The Labute approximate surface area is 162 Å². The van der Waals surface area contributed by atoms with Gasteiger partial charge in [-0.2, -0.15) is 0 Å². The average molecular weight is 381 g/mol. The highest BCUT2D eigenvalue weighted by atomic mass is 32.1. The minimum atomic E-state index is -0.694. The molecular formula is C22H23NO3S. The zero-order valence-electron chi connectivity index (χ0n) is 15.3. The van der Waals surface area contributed by atoms with Crippen LogP contribution in [-0.2, 0) is 11.2 Å². The molecule has 3 aromatic rings. The van der Waals surface area contributed by atoms with Crippen LogP contribution >= 0.6 is 11.3 Å². The van der Waals surface area contributed by atoms with Crippen molar-refractivity contribution in [2.75, 3.05) is 20.2 Å². The van der Waals surface area contributed by atoms with Crippen LogP contribution in [0.15, 0.2) is 48.5 Å². The second-order valence-corrected chi connectivity index (χ2v) is 8.14. The number of hydrogen-bond donors (Lipinski definition) is 2. The van der Waals surface area contributed by atoms with Crippen LogP contribution in [0, 0.1) is 11.8 Å². The normalized spacial score (nSPS) is 17.9. The van der Waals surface area contributed by atoms with Crippen molar-refractivity contribution in [1.29, 1.82) is 0 Å². The van der Waals surface area contributed by atoms with E-state index >= 15 is 0 Å². The molecular weight excluding hydrogens is 358 g/mol. The monoisotopic (exact) mass is 381 g/mol. The second-order valence-electron chi connectivity index (χ2n) is 7.09. The first kappa shape index (κ1) is 18.0. The topological polar surface area (TPSA) is 58.6 Å². The van der Waals surface area contributed by atoms with E-state index in [9.17, 15) is 9.90 Å². The zero-order valence-corrected chi connectivity index (χ0v) is 16.1. The lowest BCUT2D eigenvalue weighted by molar-refractivity contribution is -0.143. The van der Waals surface area contributed by atoms with Gasteiger partial charge in [-0.15, -0.1) is 11.3 Å². The molecule has 0 spiro atoms. The average Bonchev–Trinajstić information content (AvgIpc) is 3.35.